The van der Waals surface area contributed by atoms with Gasteiger partial charge in [-0.2, -0.15) is 0 Å². The Bertz CT molecular complexity index is 289. The molecule has 0 aromatic carbocycles. The van der Waals surface area contributed by atoms with Crippen molar-refractivity contribution >= 4 is 14.2 Å². The van der Waals surface area contributed by atoms with Gasteiger partial charge in [0.15, 0.2) is 0 Å². The summed E-state index contributed by atoms with van der Waals surface area (Å²) < 4.78 is 28.4. The van der Waals surface area contributed by atoms with Crippen LogP contribution in [0.15, 0.2) is 0 Å². The Hall–Kier alpha value is 0.278. The summed E-state index contributed by atoms with van der Waals surface area (Å²) in [6.07, 6.45) is 23.6. The predicted octanol–water partition coefficient (Wildman–Crippen LogP) is 6.38. The maximum absolute atomic E-state index is 10.8. The number of unbranched alkanes of at least 4 members (excludes halogenated alkanes) is 17. The van der Waals surface area contributed by atoms with Gasteiger partial charge in [-0.05, 0) is 0 Å². The van der Waals surface area contributed by atoms with Crippen LogP contribution in [0.25, 0.3) is 0 Å². The summed E-state index contributed by atoms with van der Waals surface area (Å²) in [7, 11) is 0. The Morgan fingerprint density at radius 1 is 0.500 bits per heavy atom. The second-order valence-corrected chi connectivity index (χ2v) is 11.1. The molecule has 0 aliphatic rings. The van der Waals surface area contributed by atoms with Crippen LogP contribution >= 0.6 is 0 Å². The van der Waals surface area contributed by atoms with E-state index in [0.717, 1.165) is 12.8 Å². The van der Waals surface area contributed by atoms with Crippen LogP contribution in [0.3, 0.4) is 0 Å². The second kappa shape index (κ2) is 18.1. The van der Waals surface area contributed by atoms with Gasteiger partial charge in [-0.3, -0.25) is 0 Å². The van der Waals surface area contributed by atoms with Crippen molar-refractivity contribution in [2.24, 2.45) is 0 Å². The molecule has 0 aromatic heterocycles. The molecule has 0 radical (unpaired) electrons. The molecule has 146 valence electrons. The molecule has 0 aliphatic carbocycles. The zero-order chi connectivity index (χ0) is 17.9. The summed E-state index contributed by atoms with van der Waals surface area (Å²) in [5.41, 5.74) is 0. The average molecular weight is 406 g/mol. The molecule has 0 saturated carbocycles. The van der Waals surface area contributed by atoms with Crippen LogP contribution < -0.4 is 0 Å². The zero-order valence-electron chi connectivity index (χ0n) is 16.2. The third-order valence-electron chi connectivity index (χ3n) is 4.80. The van der Waals surface area contributed by atoms with Gasteiger partial charge in [-0.25, -0.2) is 0 Å². The van der Waals surface area contributed by atoms with Crippen LogP contribution in [-0.2, 0) is 3.74 Å². The molecule has 0 spiro atoms. The first kappa shape index (κ1) is 24.3. The Labute approximate surface area is 154 Å². The first-order valence-electron chi connectivity index (χ1n) is 10.6. The van der Waals surface area contributed by atoms with E-state index < -0.39 is 14.2 Å². The SMILES string of the molecule is CCCCCCCCCCCCCCCCCCCC[As](=O)(O)O. The summed E-state index contributed by atoms with van der Waals surface area (Å²) in [5.74, 6) is 0. The van der Waals surface area contributed by atoms with Gasteiger partial charge in [0.05, 0.1) is 0 Å². The minimum absolute atomic E-state index is 0.122. The van der Waals surface area contributed by atoms with Crippen molar-refractivity contribution in [2.45, 2.75) is 128 Å². The molecule has 3 nitrogen and oxygen atoms in total. The molecule has 0 amide bonds. The van der Waals surface area contributed by atoms with Crippen molar-refractivity contribution in [1.82, 2.24) is 0 Å². The Morgan fingerprint density at radius 3 is 1.00 bits per heavy atom. The summed E-state index contributed by atoms with van der Waals surface area (Å²) in [5, 5.41) is 0.122. The molecule has 0 aliphatic heterocycles. The molecule has 0 atom stereocenters. The van der Waals surface area contributed by atoms with E-state index in [9.17, 15) is 3.74 Å². The number of hydrogen-bond acceptors (Lipinski definition) is 1. The van der Waals surface area contributed by atoms with Gasteiger partial charge >= 0.3 is 102 Å². The van der Waals surface area contributed by atoms with Crippen molar-refractivity contribution in [3.05, 3.63) is 0 Å². The molecule has 0 rings (SSSR count). The van der Waals surface area contributed by atoms with Crippen LogP contribution in [0.4, 0.5) is 0 Å². The molecule has 0 fully saturated rings. The molecule has 0 heterocycles. The molecular formula is C20H43AsO3. The topological polar surface area (TPSA) is 57.5 Å². The van der Waals surface area contributed by atoms with Crippen molar-refractivity contribution < 1.29 is 11.9 Å². The van der Waals surface area contributed by atoms with Gasteiger partial charge in [-0.15, -0.1) is 0 Å². The normalized spacial score (nSPS) is 12.0. The Kier molecular flexibility index (Phi) is 18.3. The molecule has 24 heavy (non-hydrogen) atoms. The van der Waals surface area contributed by atoms with E-state index in [4.69, 9.17) is 8.19 Å². The molecule has 0 saturated heterocycles. The average Bonchev–Trinajstić information content (AvgIpc) is 2.52. The van der Waals surface area contributed by atoms with Crippen LogP contribution in [0, 0.1) is 0 Å². The Morgan fingerprint density at radius 2 is 0.750 bits per heavy atom. The van der Waals surface area contributed by atoms with Gasteiger partial charge in [0.1, 0.15) is 0 Å². The summed E-state index contributed by atoms with van der Waals surface area (Å²) >= 11 is -4.33. The first-order chi connectivity index (χ1) is 11.6. The maximum atomic E-state index is 10.8. The van der Waals surface area contributed by atoms with E-state index in [1.54, 1.807) is 0 Å². The molecule has 0 aromatic rings. The van der Waals surface area contributed by atoms with Gasteiger partial charge in [0.2, 0.25) is 0 Å². The van der Waals surface area contributed by atoms with Crippen molar-refractivity contribution in [2.75, 3.05) is 0 Å². The molecule has 2 N–H and O–H groups in total. The first-order valence-corrected chi connectivity index (χ1v) is 14.4. The third kappa shape index (κ3) is 22.3. The fraction of sp³-hybridized carbons (Fsp3) is 1.00. The van der Waals surface area contributed by atoms with Crippen molar-refractivity contribution in [1.29, 1.82) is 0 Å². The van der Waals surface area contributed by atoms with Gasteiger partial charge in [0, 0.05) is 0 Å². The number of hydrogen-bond donors (Lipinski definition) is 2. The van der Waals surface area contributed by atoms with Gasteiger partial charge in [0.25, 0.3) is 0 Å². The van der Waals surface area contributed by atoms with Crippen molar-refractivity contribution in [3.8, 4) is 0 Å². The van der Waals surface area contributed by atoms with Gasteiger partial charge < -0.3 is 0 Å². The summed E-state index contributed by atoms with van der Waals surface area (Å²) in [4.78, 5) is 0. The van der Waals surface area contributed by atoms with Crippen LogP contribution in [0.1, 0.15) is 122 Å². The van der Waals surface area contributed by atoms with E-state index in [1.807, 2.05) is 0 Å². The molecule has 0 bridgehead atoms. The third-order valence-corrected chi connectivity index (χ3v) is 6.69. The zero-order valence-corrected chi connectivity index (χ0v) is 18.1. The quantitative estimate of drug-likeness (QED) is 0.193. The second-order valence-electron chi connectivity index (χ2n) is 7.40. The van der Waals surface area contributed by atoms with E-state index in [-0.39, 0.29) is 5.21 Å². The minimum atomic E-state index is -4.33. The van der Waals surface area contributed by atoms with Crippen LogP contribution in [0.2, 0.25) is 5.21 Å². The fourth-order valence-electron chi connectivity index (χ4n) is 3.22. The van der Waals surface area contributed by atoms with E-state index in [1.165, 1.54) is 96.3 Å². The van der Waals surface area contributed by atoms with Crippen LogP contribution in [-0.4, -0.2) is 22.4 Å². The van der Waals surface area contributed by atoms with E-state index >= 15 is 0 Å². The summed E-state index contributed by atoms with van der Waals surface area (Å²) in [6.45, 7) is 2.27. The predicted molar refractivity (Wildman–Crippen MR) is 104 cm³/mol. The van der Waals surface area contributed by atoms with Gasteiger partial charge in [-0.1, -0.05) is 51.9 Å². The molecule has 0 unspecified atom stereocenters. The fourth-order valence-corrected chi connectivity index (χ4v) is 4.55. The van der Waals surface area contributed by atoms with Crippen LogP contribution in [0.5, 0.6) is 0 Å². The van der Waals surface area contributed by atoms with E-state index in [2.05, 4.69) is 6.92 Å². The summed E-state index contributed by atoms with van der Waals surface area (Å²) in [6, 6.07) is 0. The monoisotopic (exact) mass is 406 g/mol. The number of rotatable bonds is 19. The molecular weight excluding hydrogens is 363 g/mol. The van der Waals surface area contributed by atoms with Crippen molar-refractivity contribution in [3.63, 3.8) is 0 Å². The Balaban J connectivity index is 3.02. The molecule has 4 heteroatoms. The van der Waals surface area contributed by atoms with E-state index in [0.29, 0.717) is 6.42 Å². The standard InChI is InChI=1S/C20H43AsO3/c1-2-3-4-5-6-7-8-9-10-11-12-13-14-15-16-17-18-19-20-21(22,23)24/h2-20H2,1H3,(H2,22,23,24).